The lowest BCUT2D eigenvalue weighted by Crippen LogP contribution is -2.35. The molecule has 1 unspecified atom stereocenters. The molecule has 2 aromatic rings. The Morgan fingerprint density at radius 1 is 1.22 bits per heavy atom. The summed E-state index contributed by atoms with van der Waals surface area (Å²) in [7, 11) is 2.05. The Kier molecular flexibility index (Phi) is 5.06. The first-order valence-electron chi connectivity index (χ1n) is 8.17. The van der Waals surface area contributed by atoms with E-state index in [9.17, 15) is 5.26 Å². The fraction of sp³-hybridized carbons (Fsp3) is 0.211. The molecule has 4 heterocycles. The predicted octanol–water partition coefficient (Wildman–Crippen LogP) is 5.21. The van der Waals surface area contributed by atoms with Gasteiger partial charge in [-0.3, -0.25) is 4.90 Å². The second-order valence-corrected chi connectivity index (χ2v) is 9.90. The van der Waals surface area contributed by atoms with Crippen LogP contribution < -0.4 is 5.73 Å². The molecule has 0 aromatic carbocycles. The molecule has 138 valence electrons. The molecular formula is C19H15Cl2N3OS2. The molecule has 0 amide bonds. The van der Waals surface area contributed by atoms with E-state index in [1.807, 2.05) is 31.3 Å². The lowest BCUT2D eigenvalue weighted by atomic mass is 9.84. The lowest BCUT2D eigenvalue weighted by molar-refractivity contribution is 0.251. The van der Waals surface area contributed by atoms with E-state index >= 15 is 0 Å². The highest BCUT2D eigenvalue weighted by atomic mass is 35.5. The molecule has 0 aliphatic carbocycles. The van der Waals surface area contributed by atoms with E-state index in [2.05, 4.69) is 17.0 Å². The largest absolute Gasteiger partial charge is 0.440 e. The second kappa shape index (κ2) is 7.34. The first-order valence-corrected chi connectivity index (χ1v) is 10.6. The van der Waals surface area contributed by atoms with Gasteiger partial charge < -0.3 is 10.5 Å². The topological polar surface area (TPSA) is 62.3 Å². The first-order chi connectivity index (χ1) is 13.0. The fourth-order valence-electron chi connectivity index (χ4n) is 3.43. The normalized spacial score (nSPS) is 22.0. The molecule has 8 heteroatoms. The molecule has 0 spiro atoms. The number of allylic oxidation sites excluding steroid dienone is 1. The van der Waals surface area contributed by atoms with Crippen LogP contribution in [0.1, 0.15) is 15.7 Å². The molecule has 0 saturated heterocycles. The zero-order chi connectivity index (χ0) is 19.1. The van der Waals surface area contributed by atoms with E-state index in [0.717, 1.165) is 37.5 Å². The summed E-state index contributed by atoms with van der Waals surface area (Å²) in [5.41, 5.74) is 8.62. The van der Waals surface area contributed by atoms with Crippen molar-refractivity contribution in [1.82, 2.24) is 4.90 Å². The van der Waals surface area contributed by atoms with E-state index in [-0.39, 0.29) is 11.8 Å². The molecule has 2 aliphatic rings. The van der Waals surface area contributed by atoms with E-state index < -0.39 is 0 Å². The van der Waals surface area contributed by atoms with Crippen LogP contribution in [-0.4, -0.2) is 25.0 Å². The first kappa shape index (κ1) is 18.6. The minimum Gasteiger partial charge on any atom is -0.440 e. The zero-order valence-corrected chi connectivity index (χ0v) is 17.5. The van der Waals surface area contributed by atoms with Gasteiger partial charge in [0.05, 0.1) is 14.6 Å². The van der Waals surface area contributed by atoms with Crippen molar-refractivity contribution in [3.05, 3.63) is 71.1 Å². The molecule has 4 nitrogen and oxygen atoms in total. The summed E-state index contributed by atoms with van der Waals surface area (Å²) in [5, 5.41) is 9.70. The average Bonchev–Trinajstić information content (AvgIpc) is 3.22. The number of likely N-dealkylation sites (N-methyl/N-ethyl adjacent to an activating group) is 1. The SMILES string of the molecule is CN1CC2=C(OC(N)=C(C#N)C2c2ccc(Cl)s2)/C(=C/c2ccc(Cl)s2)C1. The van der Waals surface area contributed by atoms with Crippen molar-refractivity contribution in [1.29, 1.82) is 5.26 Å². The fourth-order valence-corrected chi connectivity index (χ4v) is 5.66. The van der Waals surface area contributed by atoms with Gasteiger partial charge in [-0.2, -0.15) is 5.26 Å². The maximum absolute atomic E-state index is 9.70. The van der Waals surface area contributed by atoms with Crippen molar-refractivity contribution in [2.24, 2.45) is 5.73 Å². The number of hydrogen-bond acceptors (Lipinski definition) is 6. The lowest BCUT2D eigenvalue weighted by Gasteiger charge is -2.36. The van der Waals surface area contributed by atoms with Gasteiger partial charge in [0.15, 0.2) is 0 Å². The van der Waals surface area contributed by atoms with Crippen LogP contribution in [-0.2, 0) is 4.74 Å². The van der Waals surface area contributed by atoms with Gasteiger partial charge in [0.25, 0.3) is 0 Å². The molecular weight excluding hydrogens is 421 g/mol. The highest BCUT2D eigenvalue weighted by Crippen LogP contribution is 2.46. The summed E-state index contributed by atoms with van der Waals surface area (Å²) in [6.45, 7) is 1.41. The summed E-state index contributed by atoms with van der Waals surface area (Å²) in [4.78, 5) is 4.23. The average molecular weight is 436 g/mol. The maximum Gasteiger partial charge on any atom is 0.205 e. The van der Waals surface area contributed by atoms with Gasteiger partial charge in [-0.05, 0) is 37.4 Å². The van der Waals surface area contributed by atoms with Crippen molar-refractivity contribution in [3.8, 4) is 6.07 Å². The number of thiophene rings is 2. The van der Waals surface area contributed by atoms with Gasteiger partial charge in [-0.1, -0.05) is 23.2 Å². The van der Waals surface area contributed by atoms with Gasteiger partial charge in [-0.15, -0.1) is 22.7 Å². The van der Waals surface area contributed by atoms with Crippen LogP contribution in [0.15, 0.2) is 52.6 Å². The molecule has 0 saturated carbocycles. The van der Waals surface area contributed by atoms with Crippen LogP contribution in [0.3, 0.4) is 0 Å². The molecule has 1 atom stereocenters. The summed E-state index contributed by atoms with van der Waals surface area (Å²) >= 11 is 15.2. The molecule has 0 radical (unpaired) electrons. The van der Waals surface area contributed by atoms with Gasteiger partial charge in [0.1, 0.15) is 17.4 Å². The third-order valence-electron chi connectivity index (χ3n) is 4.49. The predicted molar refractivity (Wildman–Crippen MR) is 112 cm³/mol. The van der Waals surface area contributed by atoms with Crippen LogP contribution in [0.25, 0.3) is 6.08 Å². The Balaban J connectivity index is 1.86. The molecule has 0 fully saturated rings. The number of nitriles is 1. The number of ether oxygens (including phenoxy) is 1. The van der Waals surface area contributed by atoms with Crippen LogP contribution in [0.4, 0.5) is 0 Å². The van der Waals surface area contributed by atoms with E-state index in [1.54, 1.807) is 0 Å². The molecule has 2 aromatic heterocycles. The molecule has 2 N–H and O–H groups in total. The van der Waals surface area contributed by atoms with Gasteiger partial charge >= 0.3 is 0 Å². The third-order valence-corrected chi connectivity index (χ3v) is 6.96. The van der Waals surface area contributed by atoms with Gasteiger partial charge in [0, 0.05) is 34.0 Å². The number of nitrogens with two attached hydrogens (primary N) is 1. The number of nitrogens with zero attached hydrogens (tertiary/aromatic N) is 2. The molecule has 0 bridgehead atoms. The minimum absolute atomic E-state index is 0.158. The Hall–Kier alpha value is -1.75. The van der Waals surface area contributed by atoms with Crippen LogP contribution in [0, 0.1) is 11.3 Å². The molecule has 4 rings (SSSR count). The highest BCUT2D eigenvalue weighted by molar-refractivity contribution is 7.17. The Bertz CT molecular complexity index is 1040. The van der Waals surface area contributed by atoms with Crippen molar-refractivity contribution < 1.29 is 4.74 Å². The number of halogens is 2. The van der Waals surface area contributed by atoms with Crippen LogP contribution in [0.2, 0.25) is 8.67 Å². The van der Waals surface area contributed by atoms with Crippen molar-refractivity contribution >= 4 is 52.0 Å². The smallest absolute Gasteiger partial charge is 0.205 e. The van der Waals surface area contributed by atoms with Gasteiger partial charge in [0.2, 0.25) is 5.88 Å². The van der Waals surface area contributed by atoms with Crippen LogP contribution >= 0.6 is 45.9 Å². The molecule has 2 aliphatic heterocycles. The van der Waals surface area contributed by atoms with E-state index in [4.69, 9.17) is 33.7 Å². The van der Waals surface area contributed by atoms with Crippen molar-refractivity contribution in [2.45, 2.75) is 5.92 Å². The van der Waals surface area contributed by atoms with Crippen LogP contribution in [0.5, 0.6) is 0 Å². The monoisotopic (exact) mass is 435 g/mol. The molecule has 27 heavy (non-hydrogen) atoms. The standard InChI is InChI=1S/C19H15Cl2N3OS2/c1-24-8-10(6-11-2-4-15(20)26-11)18-13(9-24)17(12(7-22)19(23)25-18)14-3-5-16(21)27-14/h2-6,17H,8-9,23H2,1H3/b10-6+. The Morgan fingerprint density at radius 2 is 1.96 bits per heavy atom. The Labute approximate surface area is 175 Å². The van der Waals surface area contributed by atoms with Crippen molar-refractivity contribution in [3.63, 3.8) is 0 Å². The quantitative estimate of drug-likeness (QED) is 0.702. The summed E-state index contributed by atoms with van der Waals surface area (Å²) in [5.74, 6) is 0.670. The van der Waals surface area contributed by atoms with E-state index in [0.29, 0.717) is 16.5 Å². The second-order valence-electron chi connectivity index (χ2n) is 6.40. The summed E-state index contributed by atoms with van der Waals surface area (Å²) in [6, 6.07) is 9.89. The minimum atomic E-state index is -0.241. The number of rotatable bonds is 2. The highest BCUT2D eigenvalue weighted by Gasteiger charge is 2.37. The third kappa shape index (κ3) is 3.54. The van der Waals surface area contributed by atoms with Crippen molar-refractivity contribution in [2.75, 3.05) is 20.1 Å². The maximum atomic E-state index is 9.70. The number of hydrogen-bond donors (Lipinski definition) is 1. The Morgan fingerprint density at radius 3 is 2.59 bits per heavy atom. The van der Waals surface area contributed by atoms with Gasteiger partial charge in [-0.25, -0.2) is 0 Å². The van der Waals surface area contributed by atoms with E-state index in [1.165, 1.54) is 22.7 Å². The summed E-state index contributed by atoms with van der Waals surface area (Å²) < 4.78 is 7.38. The summed E-state index contributed by atoms with van der Waals surface area (Å²) in [6.07, 6.45) is 2.07. The zero-order valence-electron chi connectivity index (χ0n) is 14.3.